The van der Waals surface area contributed by atoms with Gasteiger partial charge in [0, 0.05) is 6.42 Å². The van der Waals surface area contributed by atoms with Crippen molar-refractivity contribution in [2.24, 2.45) is 46.3 Å². The highest BCUT2D eigenvalue weighted by Gasteiger charge is 2.65. The first-order valence-electron chi connectivity index (χ1n) is 11.8. The molecule has 166 valence electrons. The average Bonchev–Trinajstić information content (AvgIpc) is 3.01. The lowest BCUT2D eigenvalue weighted by molar-refractivity contribution is -0.207. The maximum absolute atomic E-state index is 11.5. The molecule has 0 unspecified atom stereocenters. The summed E-state index contributed by atoms with van der Waals surface area (Å²) in [5, 5.41) is 42.0. The lowest BCUT2D eigenvalue weighted by atomic mass is 9.43. The van der Waals surface area contributed by atoms with Crippen molar-refractivity contribution in [3.8, 4) is 0 Å². The lowest BCUT2D eigenvalue weighted by Crippen LogP contribution is -2.62. The number of carboxylic acids is 1. The number of carbonyl (C=O) groups is 1. The number of carboxylic acid groups (broad SMARTS) is 1. The molecule has 29 heavy (non-hydrogen) atoms. The largest absolute Gasteiger partial charge is 0.481 e. The van der Waals surface area contributed by atoms with Crippen molar-refractivity contribution < 1.29 is 25.2 Å². The number of aliphatic hydroxyl groups excluding tert-OH is 3. The van der Waals surface area contributed by atoms with Crippen LogP contribution in [0.2, 0.25) is 0 Å². The number of hydrogen-bond acceptors (Lipinski definition) is 4. The predicted octanol–water partition coefficient (Wildman–Crippen LogP) is 3.45. The first-order chi connectivity index (χ1) is 13.6. The van der Waals surface area contributed by atoms with E-state index in [0.29, 0.717) is 30.1 Å². The van der Waals surface area contributed by atoms with Gasteiger partial charge >= 0.3 is 5.97 Å². The maximum atomic E-state index is 11.5. The van der Waals surface area contributed by atoms with Gasteiger partial charge in [-0.1, -0.05) is 20.8 Å². The zero-order chi connectivity index (χ0) is 21.1. The topological polar surface area (TPSA) is 98.0 Å². The van der Waals surface area contributed by atoms with Crippen molar-refractivity contribution in [2.45, 2.75) is 96.9 Å². The van der Waals surface area contributed by atoms with Crippen molar-refractivity contribution in [3.05, 3.63) is 0 Å². The Bertz CT molecular complexity index is 637. The van der Waals surface area contributed by atoms with Crippen LogP contribution in [0.1, 0.15) is 78.6 Å². The highest BCUT2D eigenvalue weighted by atomic mass is 16.4. The van der Waals surface area contributed by atoms with Crippen LogP contribution in [0.3, 0.4) is 0 Å². The van der Waals surface area contributed by atoms with Crippen LogP contribution in [0.5, 0.6) is 0 Å². The molecule has 0 aromatic rings. The number of fused-ring (bicyclic) bond motifs is 5. The monoisotopic (exact) mass is 408 g/mol. The second kappa shape index (κ2) is 7.49. The van der Waals surface area contributed by atoms with E-state index in [-0.39, 0.29) is 41.3 Å². The summed E-state index contributed by atoms with van der Waals surface area (Å²) >= 11 is 0. The molecule has 4 N–H and O–H groups in total. The number of aliphatic hydroxyl groups is 3. The Morgan fingerprint density at radius 3 is 2.45 bits per heavy atom. The van der Waals surface area contributed by atoms with E-state index >= 15 is 0 Å². The molecule has 4 fully saturated rings. The second-order valence-electron chi connectivity index (χ2n) is 11.4. The Balaban J connectivity index is 1.61. The summed E-state index contributed by atoms with van der Waals surface area (Å²) in [4.78, 5) is 11.1. The third-order valence-corrected chi connectivity index (χ3v) is 10.3. The zero-order valence-corrected chi connectivity index (χ0v) is 18.3. The molecule has 0 aliphatic heterocycles. The van der Waals surface area contributed by atoms with Gasteiger partial charge in [-0.3, -0.25) is 4.79 Å². The van der Waals surface area contributed by atoms with Crippen LogP contribution >= 0.6 is 0 Å². The molecule has 0 saturated heterocycles. The molecule has 0 bridgehead atoms. The second-order valence-corrected chi connectivity index (χ2v) is 11.4. The summed E-state index contributed by atoms with van der Waals surface area (Å²) in [5.41, 5.74) is -0.143. The molecule has 5 heteroatoms. The molecule has 0 aromatic carbocycles. The summed E-state index contributed by atoms with van der Waals surface area (Å²) < 4.78 is 0. The van der Waals surface area contributed by atoms with Gasteiger partial charge in [0.1, 0.15) is 0 Å². The Labute approximate surface area is 174 Å². The van der Waals surface area contributed by atoms with Gasteiger partial charge in [-0.05, 0) is 97.7 Å². The van der Waals surface area contributed by atoms with Gasteiger partial charge in [0.2, 0.25) is 0 Å². The molecule has 0 radical (unpaired) electrons. The molecular weight excluding hydrogens is 368 g/mol. The van der Waals surface area contributed by atoms with E-state index in [1.165, 1.54) is 0 Å². The van der Waals surface area contributed by atoms with E-state index in [4.69, 9.17) is 5.11 Å². The first kappa shape index (κ1) is 21.6. The predicted molar refractivity (Wildman–Crippen MR) is 110 cm³/mol. The molecule has 0 heterocycles. The molecule has 11 atom stereocenters. The summed E-state index contributed by atoms with van der Waals surface area (Å²) in [6.07, 6.45) is 6.00. The van der Waals surface area contributed by atoms with E-state index in [1.54, 1.807) is 0 Å². The minimum absolute atomic E-state index is 0.0957. The van der Waals surface area contributed by atoms with Gasteiger partial charge in [-0.2, -0.15) is 0 Å². The minimum atomic E-state index is -0.748. The van der Waals surface area contributed by atoms with E-state index < -0.39 is 12.1 Å². The normalized spacial score (nSPS) is 52.9. The molecule has 4 aliphatic rings. The van der Waals surface area contributed by atoms with E-state index in [2.05, 4.69) is 20.8 Å². The summed E-state index contributed by atoms with van der Waals surface area (Å²) in [7, 11) is 0. The van der Waals surface area contributed by atoms with Gasteiger partial charge in [-0.25, -0.2) is 0 Å². The fourth-order valence-corrected chi connectivity index (χ4v) is 8.68. The van der Waals surface area contributed by atoms with E-state index in [1.807, 2.05) is 0 Å². The Morgan fingerprint density at radius 1 is 1.03 bits per heavy atom. The van der Waals surface area contributed by atoms with E-state index in [9.17, 15) is 20.1 Å². The van der Waals surface area contributed by atoms with Crippen LogP contribution in [0.15, 0.2) is 0 Å². The van der Waals surface area contributed by atoms with Crippen molar-refractivity contribution in [1.29, 1.82) is 0 Å². The molecule has 4 saturated carbocycles. The molecular formula is C24H40O5. The van der Waals surface area contributed by atoms with Crippen LogP contribution in [0.4, 0.5) is 0 Å². The first-order valence-corrected chi connectivity index (χ1v) is 11.8. The third-order valence-electron chi connectivity index (χ3n) is 10.3. The highest BCUT2D eigenvalue weighted by molar-refractivity contribution is 5.66. The van der Waals surface area contributed by atoms with Crippen molar-refractivity contribution >= 4 is 5.97 Å². The molecule has 4 rings (SSSR count). The van der Waals surface area contributed by atoms with Gasteiger partial charge in [0.15, 0.2) is 0 Å². The van der Waals surface area contributed by atoms with Gasteiger partial charge in [0.25, 0.3) is 0 Å². The quantitative estimate of drug-likeness (QED) is 0.571. The molecule has 0 aromatic heterocycles. The Morgan fingerprint density at radius 2 is 1.76 bits per heavy atom. The minimum Gasteiger partial charge on any atom is -0.481 e. The fraction of sp³-hybridized carbons (Fsp3) is 0.958. The zero-order valence-electron chi connectivity index (χ0n) is 18.3. The SMILES string of the molecule is C[C@H](CCC(=O)O)[C@H]1CC[C@H]2[C@@H]3[C@H](O)C[C@@H]4C[C@@H](O)CC[C@]4(C)[C@H]3C[C@@H](O)[C@]12C. The molecule has 0 amide bonds. The number of rotatable bonds is 4. The Hall–Kier alpha value is -0.650. The smallest absolute Gasteiger partial charge is 0.303 e. The highest BCUT2D eigenvalue weighted by Crippen LogP contribution is 2.68. The van der Waals surface area contributed by atoms with Gasteiger partial charge < -0.3 is 20.4 Å². The lowest BCUT2D eigenvalue weighted by Gasteiger charge is -2.63. The summed E-state index contributed by atoms with van der Waals surface area (Å²) in [5.74, 6) is 0.997. The van der Waals surface area contributed by atoms with Crippen LogP contribution in [-0.2, 0) is 4.79 Å². The fourth-order valence-electron chi connectivity index (χ4n) is 8.68. The van der Waals surface area contributed by atoms with Gasteiger partial charge in [-0.15, -0.1) is 0 Å². The van der Waals surface area contributed by atoms with Crippen LogP contribution in [0, 0.1) is 46.3 Å². The van der Waals surface area contributed by atoms with Crippen molar-refractivity contribution in [1.82, 2.24) is 0 Å². The molecule has 4 aliphatic carbocycles. The van der Waals surface area contributed by atoms with Crippen LogP contribution in [0.25, 0.3) is 0 Å². The molecule has 0 spiro atoms. The van der Waals surface area contributed by atoms with Crippen molar-refractivity contribution in [3.63, 3.8) is 0 Å². The third kappa shape index (κ3) is 3.27. The van der Waals surface area contributed by atoms with Crippen molar-refractivity contribution in [2.75, 3.05) is 0 Å². The average molecular weight is 409 g/mol. The van der Waals surface area contributed by atoms with E-state index in [0.717, 1.165) is 44.9 Å². The summed E-state index contributed by atoms with van der Waals surface area (Å²) in [6, 6.07) is 0. The van der Waals surface area contributed by atoms with Gasteiger partial charge in [0.05, 0.1) is 18.3 Å². The Kier molecular flexibility index (Phi) is 5.57. The standard InChI is InChI=1S/C24H40O5/c1-13(4-7-21(28)29)16-5-6-17-22-18(12-20(27)24(16,17)3)23(2)9-8-15(25)10-14(23)11-19(22)26/h13-20,22,25-27H,4-12H2,1-3H3,(H,28,29)/t13-,14+,15+,16-,17+,18+,19-,20-,22+,23+,24-/m1/s1. The number of hydrogen-bond donors (Lipinski definition) is 4. The van der Waals surface area contributed by atoms with Crippen LogP contribution < -0.4 is 0 Å². The van der Waals surface area contributed by atoms with Crippen LogP contribution in [-0.4, -0.2) is 44.7 Å². The molecule has 5 nitrogen and oxygen atoms in total. The summed E-state index contributed by atoms with van der Waals surface area (Å²) in [6.45, 7) is 6.72. The number of aliphatic carboxylic acids is 1. The maximum Gasteiger partial charge on any atom is 0.303 e.